The molecule has 0 saturated heterocycles. The molecule has 0 atom stereocenters. The normalized spacial score (nSPS) is 21.5. The van der Waals surface area contributed by atoms with Crippen molar-refractivity contribution in [1.29, 1.82) is 0 Å². The van der Waals surface area contributed by atoms with Crippen molar-refractivity contribution in [3.63, 3.8) is 0 Å². The minimum atomic E-state index is -0.471. The van der Waals surface area contributed by atoms with Crippen molar-refractivity contribution < 1.29 is 0 Å². The van der Waals surface area contributed by atoms with Gasteiger partial charge in [0.25, 0.3) is 0 Å². The first-order chi connectivity index (χ1) is 34.1. The zero-order valence-electron chi connectivity index (χ0n) is 38.7. The lowest BCUT2D eigenvalue weighted by atomic mass is 9.38. The second kappa shape index (κ2) is 16.0. The van der Waals surface area contributed by atoms with Crippen LogP contribution in [0.15, 0.2) is 231 Å². The fourth-order valence-electron chi connectivity index (χ4n) is 14.4. The Bertz CT molecular complexity index is 3470. The third kappa shape index (κ3) is 6.24. The van der Waals surface area contributed by atoms with Crippen molar-refractivity contribution in [2.75, 3.05) is 0 Å². The third-order valence-corrected chi connectivity index (χ3v) is 17.0. The lowest BCUT2D eigenvalue weighted by Gasteiger charge is -2.65. The molecule has 5 aliphatic carbocycles. The molecule has 330 valence electrons. The Balaban J connectivity index is 0.870. The van der Waals surface area contributed by atoms with Gasteiger partial charge in [-0.25, -0.2) is 9.97 Å². The molecule has 5 aliphatic rings. The van der Waals surface area contributed by atoms with Gasteiger partial charge in [0.2, 0.25) is 0 Å². The first-order valence-electron chi connectivity index (χ1n) is 25.1. The lowest BCUT2D eigenvalue weighted by Crippen LogP contribution is -2.59. The van der Waals surface area contributed by atoms with E-state index in [9.17, 15) is 0 Å². The van der Waals surface area contributed by atoms with Crippen molar-refractivity contribution in [2.45, 2.75) is 42.9 Å². The van der Waals surface area contributed by atoms with Crippen LogP contribution in [0.25, 0.3) is 66.9 Å². The summed E-state index contributed by atoms with van der Waals surface area (Å²) in [5, 5.41) is 1.05. The van der Waals surface area contributed by atoms with Crippen LogP contribution >= 0.6 is 0 Å². The van der Waals surface area contributed by atoms with Crippen LogP contribution in [0.4, 0.5) is 0 Å². The van der Waals surface area contributed by atoms with Crippen LogP contribution in [0.1, 0.15) is 65.5 Å². The summed E-state index contributed by atoms with van der Waals surface area (Å²) in [5.74, 6) is 3.81. The number of hydrogen-bond acceptors (Lipinski definition) is 2. The molecule has 0 N–H and O–H groups in total. The van der Waals surface area contributed by atoms with Crippen LogP contribution in [-0.4, -0.2) is 9.97 Å². The van der Waals surface area contributed by atoms with Gasteiger partial charge in [0, 0.05) is 21.9 Å². The Kier molecular flexibility index (Phi) is 9.34. The Labute approximate surface area is 405 Å². The highest BCUT2D eigenvalue weighted by atomic mass is 14.9. The lowest BCUT2D eigenvalue weighted by molar-refractivity contribution is -0.0440. The maximum atomic E-state index is 5.28. The Morgan fingerprint density at radius 2 is 0.783 bits per heavy atom. The number of para-hydroxylation sites is 1. The zero-order chi connectivity index (χ0) is 45.5. The minimum Gasteiger partial charge on any atom is -0.228 e. The number of aromatic nitrogens is 2. The molecule has 1 spiro atoms. The fraction of sp³-hybridized carbons (Fsp3) is 0.164. The molecule has 2 heteroatoms. The van der Waals surface area contributed by atoms with E-state index >= 15 is 0 Å². The van der Waals surface area contributed by atoms with Crippen molar-refractivity contribution in [1.82, 2.24) is 9.97 Å². The summed E-state index contributed by atoms with van der Waals surface area (Å²) in [4.78, 5) is 10.4. The summed E-state index contributed by atoms with van der Waals surface area (Å²) in [6.07, 6.45) is 6.85. The van der Waals surface area contributed by atoms with E-state index < -0.39 is 5.41 Å². The van der Waals surface area contributed by atoms with Gasteiger partial charge in [0.1, 0.15) is 0 Å². The Hall–Kier alpha value is -7.68. The molecule has 0 amide bonds. The van der Waals surface area contributed by atoms with Crippen LogP contribution in [0, 0.1) is 23.7 Å². The number of fused-ring (bicyclic) bond motifs is 3. The summed E-state index contributed by atoms with van der Waals surface area (Å²) in [7, 11) is 0. The van der Waals surface area contributed by atoms with Gasteiger partial charge in [-0.05, 0) is 141 Å². The molecule has 0 unspecified atom stereocenters. The molecular weight excluding hydrogens is 833 g/mol. The van der Waals surface area contributed by atoms with Gasteiger partial charge < -0.3 is 0 Å². The average molecular weight is 885 g/mol. The van der Waals surface area contributed by atoms with Crippen molar-refractivity contribution in [3.8, 4) is 56.0 Å². The van der Waals surface area contributed by atoms with Crippen LogP contribution in [0.3, 0.4) is 0 Å². The van der Waals surface area contributed by atoms with Gasteiger partial charge in [-0.3, -0.25) is 0 Å². The SMILES string of the molecule is c1ccc(-c2ccc(-c3nc(-c4cccc(-c5ccc(-c6ccc7c(c6)C(c6ccccc6)(c6ccccc6)c6ccccc6C76C7CC8CC(C7)CC6C8)cc5)c4)nc4ccccc34)cc2)cc1. The molecule has 4 fully saturated rings. The van der Waals surface area contributed by atoms with Crippen LogP contribution in [0.2, 0.25) is 0 Å². The first-order valence-corrected chi connectivity index (χ1v) is 25.1. The van der Waals surface area contributed by atoms with Crippen LogP contribution in [-0.2, 0) is 10.8 Å². The number of nitrogens with zero attached hydrogens (tertiary/aromatic N) is 2. The van der Waals surface area contributed by atoms with E-state index in [1.807, 2.05) is 0 Å². The third-order valence-electron chi connectivity index (χ3n) is 17.0. The maximum Gasteiger partial charge on any atom is 0.160 e. The van der Waals surface area contributed by atoms with E-state index in [4.69, 9.17) is 9.97 Å². The van der Waals surface area contributed by atoms with Gasteiger partial charge in [-0.1, -0.05) is 212 Å². The summed E-state index contributed by atoms with van der Waals surface area (Å²) in [5.41, 5.74) is 19.4. The van der Waals surface area contributed by atoms with Gasteiger partial charge in [0.05, 0.1) is 16.6 Å². The first kappa shape index (κ1) is 40.4. The molecule has 69 heavy (non-hydrogen) atoms. The minimum absolute atomic E-state index is 0.0162. The molecule has 9 aromatic carbocycles. The van der Waals surface area contributed by atoms with Crippen LogP contribution in [0.5, 0.6) is 0 Å². The van der Waals surface area contributed by atoms with E-state index in [1.165, 1.54) is 82.2 Å². The highest BCUT2D eigenvalue weighted by Crippen LogP contribution is 2.70. The molecule has 4 bridgehead atoms. The second-order valence-electron chi connectivity index (χ2n) is 20.5. The van der Waals surface area contributed by atoms with Crippen molar-refractivity contribution in [3.05, 3.63) is 264 Å². The predicted molar refractivity (Wildman–Crippen MR) is 283 cm³/mol. The topological polar surface area (TPSA) is 25.8 Å². The quantitative estimate of drug-likeness (QED) is 0.159. The number of benzene rings is 9. The van der Waals surface area contributed by atoms with Crippen LogP contribution < -0.4 is 0 Å². The van der Waals surface area contributed by atoms with Gasteiger partial charge in [0.15, 0.2) is 5.82 Å². The monoisotopic (exact) mass is 884 g/mol. The van der Waals surface area contributed by atoms with Gasteiger partial charge in [-0.2, -0.15) is 0 Å². The predicted octanol–water partition coefficient (Wildman–Crippen LogP) is 16.4. The molecule has 1 heterocycles. The van der Waals surface area contributed by atoms with Crippen molar-refractivity contribution in [2.24, 2.45) is 23.7 Å². The fourth-order valence-corrected chi connectivity index (χ4v) is 14.4. The zero-order valence-corrected chi connectivity index (χ0v) is 38.7. The smallest absolute Gasteiger partial charge is 0.160 e. The standard InChI is InChI=1S/C67H52N2/c1-4-15-46(16-5-1)47-31-33-50(34-32-47)64-58-23-10-13-26-63(58)68-65(69-64)53-18-14-17-51(42-53)48-27-29-49(30-28-48)52-35-36-61-62(43-52)66(54-19-6-2-7-20-54,55-21-8-3-9-22-55)59-24-11-12-25-60(59)67(61)56-38-44-37-45(40-56)41-57(67)39-44/h1-36,42-45,56-57H,37-41H2. The van der Waals surface area contributed by atoms with Gasteiger partial charge in [-0.15, -0.1) is 0 Å². The molecule has 0 radical (unpaired) electrons. The van der Waals surface area contributed by atoms with E-state index in [0.717, 1.165) is 50.9 Å². The molecule has 1 aromatic heterocycles. The van der Waals surface area contributed by atoms with E-state index in [1.54, 1.807) is 11.1 Å². The molecule has 0 aliphatic heterocycles. The largest absolute Gasteiger partial charge is 0.228 e. The number of hydrogen-bond donors (Lipinski definition) is 0. The van der Waals surface area contributed by atoms with E-state index in [0.29, 0.717) is 11.8 Å². The summed E-state index contributed by atoms with van der Waals surface area (Å²) >= 11 is 0. The number of rotatable bonds is 7. The summed E-state index contributed by atoms with van der Waals surface area (Å²) in [6.45, 7) is 0. The maximum absolute atomic E-state index is 5.28. The molecule has 15 rings (SSSR count). The Morgan fingerprint density at radius 3 is 1.43 bits per heavy atom. The summed E-state index contributed by atoms with van der Waals surface area (Å²) < 4.78 is 0. The van der Waals surface area contributed by atoms with Gasteiger partial charge >= 0.3 is 0 Å². The van der Waals surface area contributed by atoms with E-state index in [2.05, 4.69) is 231 Å². The average Bonchev–Trinajstić information content (AvgIpc) is 3.42. The molecule has 2 nitrogen and oxygen atoms in total. The summed E-state index contributed by atoms with van der Waals surface area (Å²) in [6, 6.07) is 85.8. The highest BCUT2D eigenvalue weighted by Gasteiger charge is 2.63. The molecular formula is C67H52N2. The Morgan fingerprint density at radius 1 is 0.319 bits per heavy atom. The molecule has 10 aromatic rings. The van der Waals surface area contributed by atoms with Crippen molar-refractivity contribution >= 4 is 10.9 Å². The molecule has 4 saturated carbocycles. The highest BCUT2D eigenvalue weighted by molar-refractivity contribution is 5.94. The second-order valence-corrected chi connectivity index (χ2v) is 20.5. The van der Waals surface area contributed by atoms with E-state index in [-0.39, 0.29) is 5.41 Å².